The molecule has 0 saturated heterocycles. The summed E-state index contributed by atoms with van der Waals surface area (Å²) in [5.41, 5.74) is 2.60. The predicted octanol–water partition coefficient (Wildman–Crippen LogP) is 5.26. The van der Waals surface area contributed by atoms with Gasteiger partial charge in [-0.2, -0.15) is 0 Å². The molecule has 2 aromatic rings. The fraction of sp³-hybridized carbons (Fsp3) is 0.235. The topological polar surface area (TPSA) is 26.3 Å². The van der Waals surface area contributed by atoms with Crippen LogP contribution in [-0.2, 0) is 0 Å². The zero-order chi connectivity index (χ0) is 15.6. The lowest BCUT2D eigenvalue weighted by Crippen LogP contribution is -2.24. The minimum atomic E-state index is -0.620. The summed E-state index contributed by atoms with van der Waals surface area (Å²) < 4.78 is 5.74. The molecule has 1 atom stereocenters. The Morgan fingerprint density at radius 2 is 1.67 bits per heavy atom. The first kappa shape index (κ1) is 15.9. The Labute approximate surface area is 134 Å². The van der Waals surface area contributed by atoms with Crippen molar-refractivity contribution in [3.05, 3.63) is 63.1 Å². The van der Waals surface area contributed by atoms with Gasteiger partial charge in [0.05, 0.1) is 5.02 Å². The molecular formula is C17H16Cl2O2. The molecule has 0 saturated carbocycles. The third-order valence-electron chi connectivity index (χ3n) is 3.07. The number of hydrogen-bond donors (Lipinski definition) is 0. The normalized spacial score (nSPS) is 12.0. The molecule has 0 heterocycles. The van der Waals surface area contributed by atoms with E-state index in [1.54, 1.807) is 25.1 Å². The second-order valence-electron chi connectivity index (χ2n) is 5.07. The van der Waals surface area contributed by atoms with Crippen LogP contribution in [0, 0.1) is 13.8 Å². The van der Waals surface area contributed by atoms with Crippen molar-refractivity contribution in [1.29, 1.82) is 0 Å². The van der Waals surface area contributed by atoms with E-state index in [4.69, 9.17) is 27.9 Å². The van der Waals surface area contributed by atoms with Crippen LogP contribution >= 0.6 is 23.2 Å². The molecule has 21 heavy (non-hydrogen) atoms. The van der Waals surface area contributed by atoms with E-state index in [1.165, 1.54) is 0 Å². The maximum atomic E-state index is 12.4. The van der Waals surface area contributed by atoms with Crippen LogP contribution in [-0.4, -0.2) is 11.9 Å². The van der Waals surface area contributed by atoms with Crippen molar-refractivity contribution in [2.24, 2.45) is 0 Å². The van der Waals surface area contributed by atoms with Gasteiger partial charge in [0.25, 0.3) is 0 Å². The Bertz CT molecular complexity index is 660. The van der Waals surface area contributed by atoms with Crippen LogP contribution in [0.4, 0.5) is 0 Å². The Morgan fingerprint density at radius 3 is 2.24 bits per heavy atom. The Kier molecular flexibility index (Phi) is 4.92. The highest BCUT2D eigenvalue weighted by Gasteiger charge is 2.19. The quantitative estimate of drug-likeness (QED) is 0.717. The summed E-state index contributed by atoms with van der Waals surface area (Å²) in [6.07, 6.45) is -0.620. The lowest BCUT2D eigenvalue weighted by Gasteiger charge is -2.15. The monoisotopic (exact) mass is 322 g/mol. The number of rotatable bonds is 4. The number of carbonyl (C=O) groups is 1. The molecule has 110 valence electrons. The van der Waals surface area contributed by atoms with Crippen LogP contribution in [0.15, 0.2) is 36.4 Å². The van der Waals surface area contributed by atoms with E-state index in [0.29, 0.717) is 21.4 Å². The number of hydrogen-bond acceptors (Lipinski definition) is 2. The van der Waals surface area contributed by atoms with E-state index in [9.17, 15) is 4.79 Å². The lowest BCUT2D eigenvalue weighted by molar-refractivity contribution is 0.0818. The van der Waals surface area contributed by atoms with E-state index in [0.717, 1.165) is 11.1 Å². The van der Waals surface area contributed by atoms with Crippen molar-refractivity contribution < 1.29 is 9.53 Å². The highest BCUT2D eigenvalue weighted by molar-refractivity contribution is 6.37. The van der Waals surface area contributed by atoms with Gasteiger partial charge in [0, 0.05) is 10.6 Å². The predicted molar refractivity (Wildman–Crippen MR) is 86.8 cm³/mol. The van der Waals surface area contributed by atoms with Gasteiger partial charge in [0.1, 0.15) is 5.75 Å². The summed E-state index contributed by atoms with van der Waals surface area (Å²) >= 11 is 11.9. The van der Waals surface area contributed by atoms with E-state index < -0.39 is 6.10 Å². The van der Waals surface area contributed by atoms with Crippen LogP contribution in [0.2, 0.25) is 10.0 Å². The molecule has 2 rings (SSSR count). The van der Waals surface area contributed by atoms with Gasteiger partial charge in [-0.25, -0.2) is 0 Å². The number of carbonyl (C=O) groups excluding carboxylic acids is 1. The van der Waals surface area contributed by atoms with Crippen LogP contribution in [0.1, 0.15) is 28.4 Å². The number of halogens is 2. The average molecular weight is 323 g/mol. The van der Waals surface area contributed by atoms with E-state index >= 15 is 0 Å². The molecule has 0 fully saturated rings. The maximum absolute atomic E-state index is 12.4. The molecule has 4 heteroatoms. The highest BCUT2D eigenvalue weighted by atomic mass is 35.5. The minimum Gasteiger partial charge on any atom is -0.483 e. The lowest BCUT2D eigenvalue weighted by atomic mass is 10.1. The van der Waals surface area contributed by atoms with Crippen molar-refractivity contribution in [3.8, 4) is 5.75 Å². The molecule has 0 aromatic heterocycles. The fourth-order valence-electron chi connectivity index (χ4n) is 2.17. The molecule has 0 amide bonds. The largest absolute Gasteiger partial charge is 0.483 e. The van der Waals surface area contributed by atoms with E-state index in [-0.39, 0.29) is 5.78 Å². The molecule has 0 aliphatic heterocycles. The summed E-state index contributed by atoms with van der Waals surface area (Å²) in [6.45, 7) is 5.69. The molecule has 2 nitrogen and oxygen atoms in total. The zero-order valence-corrected chi connectivity index (χ0v) is 13.6. The summed E-state index contributed by atoms with van der Waals surface area (Å²) in [6, 6.07) is 10.7. The maximum Gasteiger partial charge on any atom is 0.204 e. The first-order valence-electron chi connectivity index (χ1n) is 6.61. The van der Waals surface area contributed by atoms with E-state index in [1.807, 2.05) is 26.0 Å². The van der Waals surface area contributed by atoms with Crippen LogP contribution in [0.3, 0.4) is 0 Å². The van der Waals surface area contributed by atoms with Gasteiger partial charge >= 0.3 is 0 Å². The molecule has 0 radical (unpaired) electrons. The molecule has 0 aliphatic rings. The summed E-state index contributed by atoms with van der Waals surface area (Å²) in [7, 11) is 0. The van der Waals surface area contributed by atoms with Crippen LogP contribution in [0.25, 0.3) is 0 Å². The molecular weight excluding hydrogens is 307 g/mol. The smallest absolute Gasteiger partial charge is 0.204 e. The second-order valence-corrected chi connectivity index (χ2v) is 5.92. The van der Waals surface area contributed by atoms with Gasteiger partial charge in [-0.1, -0.05) is 29.3 Å². The third kappa shape index (κ3) is 3.99. The number of ether oxygens (including phenoxy) is 1. The summed E-state index contributed by atoms with van der Waals surface area (Å²) in [5, 5.41) is 0.836. The number of benzene rings is 2. The van der Waals surface area contributed by atoms with Crippen molar-refractivity contribution in [2.45, 2.75) is 26.9 Å². The van der Waals surface area contributed by atoms with Gasteiger partial charge in [0.2, 0.25) is 5.78 Å². The SMILES string of the molecule is Cc1cc(C)cc(OC(C)C(=O)c2ccc(Cl)cc2Cl)c1. The molecule has 0 aliphatic carbocycles. The van der Waals surface area contributed by atoms with Gasteiger partial charge in [-0.05, 0) is 62.2 Å². The van der Waals surface area contributed by atoms with Gasteiger partial charge < -0.3 is 4.74 Å². The molecule has 1 unspecified atom stereocenters. The van der Waals surface area contributed by atoms with Crippen molar-refractivity contribution in [2.75, 3.05) is 0 Å². The Morgan fingerprint density at radius 1 is 1.05 bits per heavy atom. The Balaban J connectivity index is 2.19. The Hall–Kier alpha value is -1.51. The van der Waals surface area contributed by atoms with E-state index in [2.05, 4.69) is 6.07 Å². The highest BCUT2D eigenvalue weighted by Crippen LogP contribution is 2.24. The van der Waals surface area contributed by atoms with Gasteiger partial charge in [-0.3, -0.25) is 4.79 Å². The molecule has 0 spiro atoms. The van der Waals surface area contributed by atoms with Gasteiger partial charge in [-0.15, -0.1) is 0 Å². The number of Topliss-reactive ketones (excluding diaryl/α,β-unsaturated/α-hetero) is 1. The molecule has 2 aromatic carbocycles. The third-order valence-corrected chi connectivity index (χ3v) is 3.62. The standard InChI is InChI=1S/C17H16Cl2O2/c1-10-6-11(2)8-14(7-10)21-12(3)17(20)15-5-4-13(18)9-16(15)19/h4-9,12H,1-3H3. The zero-order valence-electron chi connectivity index (χ0n) is 12.1. The first-order valence-corrected chi connectivity index (χ1v) is 7.36. The second kappa shape index (κ2) is 6.50. The van der Waals surface area contributed by atoms with Crippen molar-refractivity contribution in [1.82, 2.24) is 0 Å². The minimum absolute atomic E-state index is 0.171. The fourth-order valence-corrected chi connectivity index (χ4v) is 2.67. The molecule has 0 bridgehead atoms. The number of ketones is 1. The van der Waals surface area contributed by atoms with Crippen molar-refractivity contribution in [3.63, 3.8) is 0 Å². The van der Waals surface area contributed by atoms with Crippen molar-refractivity contribution >= 4 is 29.0 Å². The average Bonchev–Trinajstić information content (AvgIpc) is 2.36. The van der Waals surface area contributed by atoms with Crippen LogP contribution < -0.4 is 4.74 Å². The molecule has 0 N–H and O–H groups in total. The van der Waals surface area contributed by atoms with Crippen LogP contribution in [0.5, 0.6) is 5.75 Å². The first-order chi connectivity index (χ1) is 9.86. The number of aryl methyl sites for hydroxylation is 2. The summed E-state index contributed by atoms with van der Waals surface area (Å²) in [5.74, 6) is 0.509. The summed E-state index contributed by atoms with van der Waals surface area (Å²) in [4.78, 5) is 12.4. The van der Waals surface area contributed by atoms with Gasteiger partial charge in [0.15, 0.2) is 6.10 Å².